The van der Waals surface area contributed by atoms with Crippen molar-refractivity contribution in [2.75, 3.05) is 6.61 Å². The molecule has 2 nitrogen and oxygen atoms in total. The first kappa shape index (κ1) is 10.8. The third kappa shape index (κ3) is 2.89. The monoisotopic (exact) mass is 268 g/mol. The van der Waals surface area contributed by atoms with E-state index in [1.807, 2.05) is 24.3 Å². The second-order valence-corrected chi connectivity index (χ2v) is 4.68. The Kier molecular flexibility index (Phi) is 3.54. The molecule has 0 N–H and O–H groups in total. The maximum absolute atomic E-state index is 11.8. The van der Waals surface area contributed by atoms with Gasteiger partial charge in [-0.3, -0.25) is 4.79 Å². The van der Waals surface area contributed by atoms with E-state index in [0.717, 1.165) is 29.5 Å². The van der Waals surface area contributed by atoms with Gasteiger partial charge in [-0.05, 0) is 25.0 Å². The quantitative estimate of drug-likeness (QED) is 0.787. The van der Waals surface area contributed by atoms with Crippen molar-refractivity contribution in [1.29, 1.82) is 0 Å². The molecule has 0 amide bonds. The number of ether oxygens (including phenoxy) is 1. The molecular formula is C12H13BrO2. The lowest BCUT2D eigenvalue weighted by atomic mass is 10.0. The average molecular weight is 269 g/mol. The van der Waals surface area contributed by atoms with Gasteiger partial charge < -0.3 is 4.74 Å². The highest BCUT2D eigenvalue weighted by Crippen LogP contribution is 2.18. The van der Waals surface area contributed by atoms with E-state index in [2.05, 4.69) is 15.9 Å². The fraction of sp³-hybridized carbons (Fsp3) is 0.417. The molecule has 1 aromatic carbocycles. The molecule has 0 spiro atoms. The Morgan fingerprint density at radius 3 is 2.73 bits per heavy atom. The van der Waals surface area contributed by atoms with Gasteiger partial charge in [-0.15, -0.1) is 0 Å². The predicted molar refractivity (Wildman–Crippen MR) is 62.1 cm³/mol. The van der Waals surface area contributed by atoms with Gasteiger partial charge in [0, 0.05) is 23.1 Å². The molecule has 0 aliphatic carbocycles. The topological polar surface area (TPSA) is 26.3 Å². The van der Waals surface area contributed by atoms with Crippen LogP contribution in [0.25, 0.3) is 0 Å². The Morgan fingerprint density at radius 1 is 1.40 bits per heavy atom. The summed E-state index contributed by atoms with van der Waals surface area (Å²) in [5, 5.41) is 0. The summed E-state index contributed by atoms with van der Waals surface area (Å²) < 4.78 is 6.44. The molecular weight excluding hydrogens is 256 g/mol. The second-order valence-electron chi connectivity index (χ2n) is 3.77. The average Bonchev–Trinajstić information content (AvgIpc) is 2.71. The van der Waals surface area contributed by atoms with Gasteiger partial charge in [0.15, 0.2) is 5.78 Å². The predicted octanol–water partition coefficient (Wildman–Crippen LogP) is 3.20. The molecule has 1 aliphatic rings. The molecule has 0 radical (unpaired) electrons. The van der Waals surface area contributed by atoms with Gasteiger partial charge >= 0.3 is 0 Å². The fourth-order valence-electron chi connectivity index (χ4n) is 1.77. The Hall–Kier alpha value is -0.670. The highest BCUT2D eigenvalue weighted by molar-refractivity contribution is 9.10. The molecule has 15 heavy (non-hydrogen) atoms. The van der Waals surface area contributed by atoms with Gasteiger partial charge in [0.25, 0.3) is 0 Å². The lowest BCUT2D eigenvalue weighted by Crippen LogP contribution is -2.12. The maximum atomic E-state index is 11.8. The van der Waals surface area contributed by atoms with E-state index in [4.69, 9.17) is 4.74 Å². The lowest BCUT2D eigenvalue weighted by molar-refractivity contribution is 0.0775. The number of Topliss-reactive ketones (excluding diaryl/α,β-unsaturated/α-hetero) is 1. The largest absolute Gasteiger partial charge is 0.378 e. The Labute approximate surface area is 97.8 Å². The molecule has 1 aliphatic heterocycles. The van der Waals surface area contributed by atoms with Crippen LogP contribution in [0.3, 0.4) is 0 Å². The number of hydrogen-bond acceptors (Lipinski definition) is 2. The van der Waals surface area contributed by atoms with Crippen LogP contribution < -0.4 is 0 Å². The van der Waals surface area contributed by atoms with Crippen LogP contribution in [0.2, 0.25) is 0 Å². The van der Waals surface area contributed by atoms with Crippen molar-refractivity contribution in [3.05, 3.63) is 34.3 Å². The molecule has 1 atom stereocenters. The standard InChI is InChI=1S/C12H13BrO2/c13-10-5-3-9(4-6-10)12(14)8-11-2-1-7-15-11/h3-6,11H,1-2,7-8H2. The zero-order valence-electron chi connectivity index (χ0n) is 8.41. The van der Waals surface area contributed by atoms with Crippen LogP contribution in [-0.2, 0) is 4.74 Å². The Morgan fingerprint density at radius 2 is 2.13 bits per heavy atom. The van der Waals surface area contributed by atoms with E-state index in [9.17, 15) is 4.79 Å². The van der Waals surface area contributed by atoms with E-state index in [1.54, 1.807) is 0 Å². The number of rotatable bonds is 3. The minimum Gasteiger partial charge on any atom is -0.378 e. The van der Waals surface area contributed by atoms with Crippen molar-refractivity contribution in [2.24, 2.45) is 0 Å². The van der Waals surface area contributed by atoms with Crippen LogP contribution in [0.15, 0.2) is 28.7 Å². The minimum atomic E-state index is 0.140. The number of halogens is 1. The smallest absolute Gasteiger partial charge is 0.165 e. The summed E-state index contributed by atoms with van der Waals surface area (Å²) in [4.78, 5) is 11.8. The first-order valence-corrected chi connectivity index (χ1v) is 5.95. The molecule has 0 bridgehead atoms. The van der Waals surface area contributed by atoms with Crippen molar-refractivity contribution < 1.29 is 9.53 Å². The van der Waals surface area contributed by atoms with Gasteiger partial charge in [-0.1, -0.05) is 28.1 Å². The number of hydrogen-bond donors (Lipinski definition) is 0. The van der Waals surface area contributed by atoms with Crippen molar-refractivity contribution in [3.63, 3.8) is 0 Å². The van der Waals surface area contributed by atoms with Crippen LogP contribution in [0.4, 0.5) is 0 Å². The zero-order valence-corrected chi connectivity index (χ0v) is 10.00. The maximum Gasteiger partial charge on any atom is 0.165 e. The summed E-state index contributed by atoms with van der Waals surface area (Å²) in [7, 11) is 0. The lowest BCUT2D eigenvalue weighted by Gasteiger charge is -2.07. The van der Waals surface area contributed by atoms with E-state index in [1.165, 1.54) is 0 Å². The van der Waals surface area contributed by atoms with Crippen molar-refractivity contribution >= 4 is 21.7 Å². The molecule has 3 heteroatoms. The number of carbonyl (C=O) groups excluding carboxylic acids is 1. The molecule has 1 aromatic rings. The van der Waals surface area contributed by atoms with E-state index >= 15 is 0 Å². The first-order chi connectivity index (χ1) is 7.25. The summed E-state index contributed by atoms with van der Waals surface area (Å²) in [5.74, 6) is 0.175. The molecule has 1 fully saturated rings. The summed E-state index contributed by atoms with van der Waals surface area (Å²) in [6.07, 6.45) is 2.75. The third-order valence-corrected chi connectivity index (χ3v) is 3.13. The van der Waals surface area contributed by atoms with Gasteiger partial charge in [0.1, 0.15) is 0 Å². The van der Waals surface area contributed by atoms with Crippen LogP contribution in [0.1, 0.15) is 29.6 Å². The molecule has 80 valence electrons. The molecule has 0 aromatic heterocycles. The highest BCUT2D eigenvalue weighted by atomic mass is 79.9. The fourth-order valence-corrected chi connectivity index (χ4v) is 2.03. The van der Waals surface area contributed by atoms with Crippen LogP contribution in [0.5, 0.6) is 0 Å². The van der Waals surface area contributed by atoms with Gasteiger partial charge in [-0.25, -0.2) is 0 Å². The number of carbonyl (C=O) groups is 1. The molecule has 1 heterocycles. The van der Waals surface area contributed by atoms with Crippen LogP contribution in [-0.4, -0.2) is 18.5 Å². The Bertz CT molecular complexity index is 339. The van der Waals surface area contributed by atoms with Gasteiger partial charge in [0.2, 0.25) is 0 Å². The molecule has 2 rings (SSSR count). The third-order valence-electron chi connectivity index (χ3n) is 2.60. The zero-order chi connectivity index (χ0) is 10.7. The van der Waals surface area contributed by atoms with Crippen LogP contribution >= 0.6 is 15.9 Å². The van der Waals surface area contributed by atoms with Crippen molar-refractivity contribution in [1.82, 2.24) is 0 Å². The van der Waals surface area contributed by atoms with E-state index in [0.29, 0.717) is 6.42 Å². The number of ketones is 1. The normalized spacial score (nSPS) is 20.5. The Balaban J connectivity index is 1.98. The minimum absolute atomic E-state index is 0.140. The van der Waals surface area contributed by atoms with Crippen molar-refractivity contribution in [2.45, 2.75) is 25.4 Å². The van der Waals surface area contributed by atoms with Crippen molar-refractivity contribution in [3.8, 4) is 0 Å². The summed E-state index contributed by atoms with van der Waals surface area (Å²) in [5.41, 5.74) is 0.772. The highest BCUT2D eigenvalue weighted by Gasteiger charge is 2.19. The SMILES string of the molecule is O=C(CC1CCCO1)c1ccc(Br)cc1. The summed E-state index contributed by atoms with van der Waals surface area (Å²) >= 11 is 3.35. The molecule has 0 saturated carbocycles. The molecule has 1 unspecified atom stereocenters. The first-order valence-electron chi connectivity index (χ1n) is 5.16. The summed E-state index contributed by atoms with van der Waals surface area (Å²) in [6, 6.07) is 7.48. The summed E-state index contributed by atoms with van der Waals surface area (Å²) in [6.45, 7) is 0.804. The van der Waals surface area contributed by atoms with Crippen LogP contribution in [0, 0.1) is 0 Å². The van der Waals surface area contributed by atoms with Gasteiger partial charge in [-0.2, -0.15) is 0 Å². The van der Waals surface area contributed by atoms with Gasteiger partial charge in [0.05, 0.1) is 6.10 Å². The van der Waals surface area contributed by atoms with E-state index in [-0.39, 0.29) is 11.9 Å². The van der Waals surface area contributed by atoms with E-state index < -0.39 is 0 Å². The number of benzene rings is 1. The second kappa shape index (κ2) is 4.90. The molecule has 1 saturated heterocycles.